The van der Waals surface area contributed by atoms with Crippen LogP contribution in [0.15, 0.2) is 6.07 Å². The molecule has 0 fully saturated rings. The minimum Gasteiger partial charge on any atom is -0.479 e. The molecule has 0 bridgehead atoms. The Morgan fingerprint density at radius 1 is 1.16 bits per heavy atom. The molecule has 0 aliphatic carbocycles. The fourth-order valence-corrected chi connectivity index (χ4v) is 2.98. The molecular weight excluding hydrogens is 462 g/mol. The highest BCUT2D eigenvalue weighted by molar-refractivity contribution is 7.87. The molecule has 31 heavy (non-hydrogen) atoms. The minimum atomic E-state index is -6.11. The van der Waals surface area contributed by atoms with E-state index in [2.05, 4.69) is 9.17 Å². The van der Waals surface area contributed by atoms with Gasteiger partial charge in [-0.2, -0.15) is 34.8 Å². The first-order valence-electron chi connectivity index (χ1n) is 8.52. The van der Waals surface area contributed by atoms with Crippen molar-refractivity contribution in [3.8, 4) is 11.6 Å². The summed E-state index contributed by atoms with van der Waals surface area (Å²) in [7, 11) is -4.84. The normalized spacial score (nSPS) is 12.8. The zero-order chi connectivity index (χ0) is 23.8. The lowest BCUT2D eigenvalue weighted by atomic mass is 10.2. The third-order valence-electron chi connectivity index (χ3n) is 3.87. The molecule has 0 amide bonds. The van der Waals surface area contributed by atoms with Gasteiger partial charge in [0, 0.05) is 12.6 Å². The van der Waals surface area contributed by atoms with Crippen molar-refractivity contribution in [1.29, 1.82) is 0 Å². The van der Waals surface area contributed by atoms with Gasteiger partial charge in [-0.05, 0) is 19.4 Å². The summed E-state index contributed by atoms with van der Waals surface area (Å²) in [5.41, 5.74) is -6.91. The van der Waals surface area contributed by atoms with Gasteiger partial charge in [-0.15, -0.1) is 0 Å². The summed E-state index contributed by atoms with van der Waals surface area (Å²) in [6.07, 6.45) is -4.87. The van der Waals surface area contributed by atoms with Crippen LogP contribution in [0.2, 0.25) is 0 Å². The second-order valence-corrected chi connectivity index (χ2v) is 7.56. The lowest BCUT2D eigenvalue weighted by molar-refractivity contribution is -0.153. The van der Waals surface area contributed by atoms with Crippen molar-refractivity contribution in [2.24, 2.45) is 7.05 Å². The number of nitrogens with zero attached hydrogens (tertiary/aromatic N) is 2. The number of aromatic nitrogens is 2. The average molecular weight is 478 g/mol. The van der Waals surface area contributed by atoms with Gasteiger partial charge in [-0.1, -0.05) is 6.92 Å². The first kappa shape index (κ1) is 24.6. The molecule has 0 radical (unpaired) electrons. The van der Waals surface area contributed by atoms with E-state index < -0.39 is 57.2 Å². The second-order valence-electron chi connectivity index (χ2n) is 6.02. The number of hydrogen-bond donors (Lipinski definition) is 0. The summed E-state index contributed by atoms with van der Waals surface area (Å²) in [6, 6.07) is 1.13. The van der Waals surface area contributed by atoms with Crippen LogP contribution in [0, 0.1) is 0 Å². The molecule has 174 valence electrons. The van der Waals surface area contributed by atoms with Gasteiger partial charge in [0.25, 0.3) is 0 Å². The van der Waals surface area contributed by atoms with Crippen molar-refractivity contribution in [2.45, 2.75) is 32.0 Å². The summed E-state index contributed by atoms with van der Waals surface area (Å²) in [6.45, 7) is 0.905. The maximum atomic E-state index is 12.7. The van der Waals surface area contributed by atoms with E-state index in [1.165, 1.54) is 20.9 Å². The number of ether oxygens (including phenoxy) is 2. The van der Waals surface area contributed by atoms with Crippen molar-refractivity contribution >= 4 is 27.1 Å². The molecule has 0 saturated carbocycles. The van der Waals surface area contributed by atoms with Crippen molar-refractivity contribution < 1.29 is 53.2 Å². The van der Waals surface area contributed by atoms with Crippen LogP contribution in [0.4, 0.5) is 26.3 Å². The fraction of sp³-hybridized carbons (Fsp3) is 0.500. The first-order chi connectivity index (χ1) is 14.1. The van der Waals surface area contributed by atoms with E-state index >= 15 is 0 Å². The third kappa shape index (κ3) is 5.14. The number of hydrogen-bond acceptors (Lipinski definition) is 7. The topological polar surface area (TPSA) is 96.7 Å². The number of aryl methyl sites for hydroxylation is 2. The van der Waals surface area contributed by atoms with Crippen molar-refractivity contribution in [2.75, 3.05) is 13.2 Å². The van der Waals surface area contributed by atoms with E-state index in [-0.39, 0.29) is 24.1 Å². The number of rotatable bonds is 7. The number of esters is 1. The molecule has 0 atom stereocenters. The lowest BCUT2D eigenvalue weighted by Gasteiger charge is -2.12. The van der Waals surface area contributed by atoms with Crippen LogP contribution in [0.25, 0.3) is 11.0 Å². The lowest BCUT2D eigenvalue weighted by Crippen LogP contribution is -2.28. The van der Waals surface area contributed by atoms with E-state index in [0.717, 1.165) is 10.6 Å². The smallest absolute Gasteiger partial charge is 0.479 e. The Labute approximate surface area is 171 Å². The van der Waals surface area contributed by atoms with Crippen molar-refractivity contribution in [1.82, 2.24) is 9.55 Å². The Morgan fingerprint density at radius 3 is 2.26 bits per heavy atom. The predicted octanol–water partition coefficient (Wildman–Crippen LogP) is 3.48. The first-order valence-corrected chi connectivity index (χ1v) is 9.93. The third-order valence-corrected chi connectivity index (χ3v) is 4.81. The van der Waals surface area contributed by atoms with Gasteiger partial charge in [-0.25, -0.2) is 9.78 Å². The van der Waals surface area contributed by atoms with Gasteiger partial charge in [0.1, 0.15) is 5.52 Å². The Morgan fingerprint density at radius 2 is 1.77 bits per heavy atom. The van der Waals surface area contributed by atoms with Crippen LogP contribution in [-0.4, -0.2) is 48.8 Å². The number of alkyl halides is 6. The van der Waals surface area contributed by atoms with E-state index in [1.807, 2.05) is 0 Å². The zero-order valence-corrected chi connectivity index (χ0v) is 17.0. The van der Waals surface area contributed by atoms with Crippen molar-refractivity contribution in [3.63, 3.8) is 0 Å². The highest BCUT2D eigenvalue weighted by atomic mass is 32.2. The molecule has 2 aromatic heterocycles. The summed E-state index contributed by atoms with van der Waals surface area (Å²) in [5.74, 6) is -2.83. The summed E-state index contributed by atoms with van der Waals surface area (Å²) < 4.78 is 114. The predicted molar refractivity (Wildman–Crippen MR) is 93.2 cm³/mol. The van der Waals surface area contributed by atoms with Gasteiger partial charge >= 0.3 is 27.8 Å². The van der Waals surface area contributed by atoms with Crippen LogP contribution in [-0.2, 0) is 28.3 Å². The van der Waals surface area contributed by atoms with Crippen LogP contribution < -0.4 is 8.92 Å². The SMILES string of the molecule is CCOC(=O)c1c(OCC(F)(F)F)c2nc(OS(=O)(=O)C(F)(F)F)c(CC)cc2n1C. The molecule has 0 unspecified atom stereocenters. The molecule has 0 aliphatic rings. The fourth-order valence-electron chi connectivity index (χ4n) is 2.53. The van der Waals surface area contributed by atoms with Gasteiger partial charge in [0.05, 0.1) is 12.1 Å². The van der Waals surface area contributed by atoms with E-state index in [0.29, 0.717) is 0 Å². The van der Waals surface area contributed by atoms with E-state index in [1.54, 1.807) is 0 Å². The highest BCUT2D eigenvalue weighted by Crippen LogP contribution is 2.37. The Balaban J connectivity index is 2.76. The summed E-state index contributed by atoms with van der Waals surface area (Å²) >= 11 is 0. The zero-order valence-electron chi connectivity index (χ0n) is 16.2. The Bertz CT molecular complexity index is 1090. The Hall–Kier alpha value is -2.71. The molecule has 0 saturated heterocycles. The maximum absolute atomic E-state index is 12.7. The number of carbonyl (C=O) groups excluding carboxylic acids is 1. The molecule has 0 spiro atoms. The molecular formula is C16H16F6N2O6S. The molecule has 8 nitrogen and oxygen atoms in total. The number of pyridine rings is 1. The van der Waals surface area contributed by atoms with Crippen LogP contribution in [0.5, 0.6) is 11.6 Å². The molecule has 2 aromatic rings. The second kappa shape index (κ2) is 8.43. The summed E-state index contributed by atoms with van der Waals surface area (Å²) in [5, 5.41) is 0. The van der Waals surface area contributed by atoms with E-state index in [9.17, 15) is 39.6 Å². The Kier molecular flexibility index (Phi) is 6.68. The number of halogens is 6. The average Bonchev–Trinajstić information content (AvgIpc) is 2.89. The van der Waals surface area contributed by atoms with Gasteiger partial charge in [-0.3, -0.25) is 0 Å². The van der Waals surface area contributed by atoms with Gasteiger partial charge < -0.3 is 18.2 Å². The largest absolute Gasteiger partial charge is 0.534 e. The van der Waals surface area contributed by atoms with Crippen LogP contribution >= 0.6 is 0 Å². The number of carbonyl (C=O) groups is 1. The van der Waals surface area contributed by atoms with Gasteiger partial charge in [0.2, 0.25) is 5.88 Å². The maximum Gasteiger partial charge on any atom is 0.534 e. The van der Waals surface area contributed by atoms with Gasteiger partial charge in [0.15, 0.2) is 18.1 Å². The highest BCUT2D eigenvalue weighted by Gasteiger charge is 2.49. The molecule has 2 heterocycles. The van der Waals surface area contributed by atoms with Crippen LogP contribution in [0.3, 0.4) is 0 Å². The molecule has 15 heteroatoms. The minimum absolute atomic E-state index is 0.0196. The molecule has 2 rings (SSSR count). The van der Waals surface area contributed by atoms with Crippen LogP contribution in [0.1, 0.15) is 29.9 Å². The standard InChI is InChI=1S/C16H16F6N2O6S/c1-4-8-6-9-10(23-13(8)30-31(26,27)16(20,21)22)12(29-7-15(17,18)19)11(24(9)3)14(25)28-5-2/h6H,4-5,7H2,1-3H3. The number of fused-ring (bicyclic) bond motifs is 1. The molecule has 0 aliphatic heterocycles. The van der Waals surface area contributed by atoms with E-state index in [4.69, 9.17) is 9.47 Å². The van der Waals surface area contributed by atoms with Crippen molar-refractivity contribution in [3.05, 3.63) is 17.3 Å². The summed E-state index contributed by atoms with van der Waals surface area (Å²) in [4.78, 5) is 15.9. The quantitative estimate of drug-likeness (QED) is 0.260. The monoisotopic (exact) mass is 478 g/mol. The molecule has 0 aromatic carbocycles. The molecule has 0 N–H and O–H groups in total.